The summed E-state index contributed by atoms with van der Waals surface area (Å²) >= 11 is 0. The third-order valence-electron chi connectivity index (χ3n) is 20.2. The standard InChI is InChI=1S/C91H75N3O/c1-89(2,3)63-46-43-57(44-47-63)62-45-50-74-72(51-62)83-68-49-48-64(90(4,5)6)52-75(68)94(88-71(59-31-17-11-18-32-59)56-80-85(69-40-26-28-42-79(69)95-80)82(88)61-35-21-13-22-36-61)77-54-65(91(7,8)9)53-76(86(77)83)93(74)87-70(58-29-15-10-16-30-58)55-78-84(81(87)60-33-19-12-20-34-60)67-39-25-27-41-73(67)92(78)66-37-23-14-24-38-66/h10-56,83H,1-9H3. The average Bonchev–Trinajstić information content (AvgIpc) is 1.32. The zero-order valence-corrected chi connectivity index (χ0v) is 55.5. The van der Waals surface area contributed by atoms with E-state index in [4.69, 9.17) is 4.42 Å². The quantitative estimate of drug-likeness (QED) is 0.152. The van der Waals surface area contributed by atoms with E-state index in [0.717, 1.165) is 112 Å². The highest BCUT2D eigenvalue weighted by atomic mass is 16.3. The van der Waals surface area contributed by atoms with E-state index in [9.17, 15) is 0 Å². The molecule has 460 valence electrons. The smallest absolute Gasteiger partial charge is 0.136 e. The maximum Gasteiger partial charge on any atom is 0.136 e. The van der Waals surface area contributed by atoms with Crippen molar-refractivity contribution in [2.45, 2.75) is 84.5 Å². The van der Waals surface area contributed by atoms with Gasteiger partial charge in [0.2, 0.25) is 0 Å². The molecule has 0 fully saturated rings. The molecule has 13 aromatic carbocycles. The highest BCUT2D eigenvalue weighted by Crippen LogP contribution is 2.66. The fourth-order valence-electron chi connectivity index (χ4n) is 15.5. The summed E-state index contributed by atoms with van der Waals surface area (Å²) in [5, 5.41) is 4.57. The van der Waals surface area contributed by atoms with Crippen LogP contribution in [0.5, 0.6) is 0 Å². The minimum absolute atomic E-state index is 0.00189. The molecule has 15 aromatic rings. The van der Waals surface area contributed by atoms with Crippen LogP contribution < -0.4 is 9.80 Å². The van der Waals surface area contributed by atoms with Gasteiger partial charge < -0.3 is 18.8 Å². The van der Waals surface area contributed by atoms with Crippen LogP contribution in [0.2, 0.25) is 0 Å². The zero-order valence-electron chi connectivity index (χ0n) is 55.5. The van der Waals surface area contributed by atoms with E-state index in [-0.39, 0.29) is 22.2 Å². The first kappa shape index (κ1) is 57.9. The van der Waals surface area contributed by atoms with Crippen LogP contribution in [0.1, 0.15) is 102 Å². The van der Waals surface area contributed by atoms with E-state index in [1.54, 1.807) is 0 Å². The van der Waals surface area contributed by atoms with Crippen molar-refractivity contribution in [2.24, 2.45) is 0 Å². The molecule has 0 saturated heterocycles. The number of para-hydroxylation sites is 3. The third kappa shape index (κ3) is 9.39. The number of rotatable bonds is 8. The SMILES string of the molecule is CC(C)(C)c1ccc(-c2ccc3c(c2)C2c4ccc(C(C)(C)C)cc4N(c4c(-c5ccccc5)cc5oc6ccccc6c5c4-c4ccccc4)c4cc(C(C)(C)C)cc(c42)N3c2c(-c3ccccc3)cc3c(c2-c2ccccc2)c2ccccc2n3-c2ccccc2)cc1. The molecular formula is C91H75N3O. The Morgan fingerprint density at radius 1 is 0.305 bits per heavy atom. The highest BCUT2D eigenvalue weighted by molar-refractivity contribution is 6.23. The topological polar surface area (TPSA) is 24.6 Å². The second-order valence-corrected chi connectivity index (χ2v) is 29.2. The van der Waals surface area contributed by atoms with Crippen LogP contribution in [0.15, 0.2) is 290 Å². The Bertz CT molecular complexity index is 5510. The van der Waals surface area contributed by atoms with Gasteiger partial charge in [-0.2, -0.15) is 0 Å². The number of hydrogen-bond acceptors (Lipinski definition) is 3. The van der Waals surface area contributed by atoms with Crippen LogP contribution in [0.3, 0.4) is 0 Å². The summed E-state index contributed by atoms with van der Waals surface area (Å²) in [6, 6.07) is 107. The van der Waals surface area contributed by atoms with Gasteiger partial charge in [-0.25, -0.2) is 0 Å². The molecule has 4 heterocycles. The predicted octanol–water partition coefficient (Wildman–Crippen LogP) is 25.7. The van der Waals surface area contributed by atoms with Gasteiger partial charge >= 0.3 is 0 Å². The first-order valence-electron chi connectivity index (χ1n) is 33.6. The lowest BCUT2D eigenvalue weighted by molar-refractivity contribution is 0.588. The number of aromatic nitrogens is 1. The molecule has 1 unspecified atom stereocenters. The molecule has 0 N–H and O–H groups in total. The van der Waals surface area contributed by atoms with Crippen LogP contribution in [0.25, 0.3) is 105 Å². The summed E-state index contributed by atoms with van der Waals surface area (Å²) in [6.45, 7) is 21.1. The van der Waals surface area contributed by atoms with Gasteiger partial charge in [0, 0.05) is 61.0 Å². The van der Waals surface area contributed by atoms with Crippen molar-refractivity contribution in [3.63, 3.8) is 0 Å². The van der Waals surface area contributed by atoms with Gasteiger partial charge in [-0.05, 0) is 144 Å². The second kappa shape index (κ2) is 21.8. The molecule has 4 nitrogen and oxygen atoms in total. The van der Waals surface area contributed by atoms with Gasteiger partial charge in [-0.15, -0.1) is 0 Å². The highest BCUT2D eigenvalue weighted by Gasteiger charge is 2.45. The van der Waals surface area contributed by atoms with Crippen LogP contribution in [0, 0.1) is 0 Å². The number of anilines is 6. The minimum atomic E-state index is -0.317. The second-order valence-electron chi connectivity index (χ2n) is 29.2. The van der Waals surface area contributed by atoms with E-state index >= 15 is 0 Å². The van der Waals surface area contributed by atoms with Gasteiger partial charge in [0.15, 0.2) is 0 Å². The van der Waals surface area contributed by atoms with Crippen LogP contribution in [-0.4, -0.2) is 4.57 Å². The summed E-state index contributed by atoms with van der Waals surface area (Å²) in [4.78, 5) is 5.44. The van der Waals surface area contributed by atoms with Gasteiger partial charge in [0.05, 0.1) is 45.2 Å². The van der Waals surface area contributed by atoms with Crippen LogP contribution in [-0.2, 0) is 16.2 Å². The molecule has 0 spiro atoms. The molecule has 0 amide bonds. The largest absolute Gasteiger partial charge is 0.456 e. The van der Waals surface area contributed by atoms with E-state index in [1.807, 2.05) is 0 Å². The predicted molar refractivity (Wildman–Crippen MR) is 402 cm³/mol. The molecule has 1 atom stereocenters. The molecular weight excluding hydrogens is 1150 g/mol. The Labute approximate surface area is 557 Å². The van der Waals surface area contributed by atoms with Crippen molar-refractivity contribution in [2.75, 3.05) is 9.80 Å². The monoisotopic (exact) mass is 1230 g/mol. The lowest BCUT2D eigenvalue weighted by atomic mass is 9.72. The number of hydrogen-bond donors (Lipinski definition) is 0. The van der Waals surface area contributed by atoms with Crippen LogP contribution in [0.4, 0.5) is 34.1 Å². The molecule has 4 heteroatoms. The van der Waals surface area contributed by atoms with Crippen LogP contribution >= 0.6 is 0 Å². The Hall–Kier alpha value is -10.9. The number of furan rings is 1. The number of nitrogens with zero attached hydrogens (tertiary/aromatic N) is 3. The molecule has 0 aliphatic carbocycles. The summed E-state index contributed by atoms with van der Waals surface area (Å²) in [6.07, 6.45) is 0. The summed E-state index contributed by atoms with van der Waals surface area (Å²) in [7, 11) is 0. The average molecular weight is 1230 g/mol. The van der Waals surface area contributed by atoms with Crippen molar-refractivity contribution in [3.8, 4) is 61.3 Å². The molecule has 2 aromatic heterocycles. The normalized spacial score (nSPS) is 13.8. The van der Waals surface area contributed by atoms with Crippen molar-refractivity contribution >= 4 is 77.9 Å². The maximum absolute atomic E-state index is 7.07. The number of fused-ring (bicyclic) bond motifs is 10. The van der Waals surface area contributed by atoms with Gasteiger partial charge in [0.1, 0.15) is 11.2 Å². The van der Waals surface area contributed by atoms with E-state index in [1.165, 1.54) is 60.8 Å². The summed E-state index contributed by atoms with van der Waals surface area (Å²) < 4.78 is 9.56. The summed E-state index contributed by atoms with van der Waals surface area (Å²) in [5.74, 6) is -0.211. The number of benzene rings is 13. The molecule has 0 saturated carbocycles. The minimum Gasteiger partial charge on any atom is -0.456 e. The van der Waals surface area contributed by atoms with Crippen molar-refractivity contribution in [1.29, 1.82) is 0 Å². The third-order valence-corrected chi connectivity index (χ3v) is 20.2. The zero-order chi connectivity index (χ0) is 64.6. The van der Waals surface area contributed by atoms with E-state index < -0.39 is 0 Å². The fourth-order valence-corrected chi connectivity index (χ4v) is 15.5. The van der Waals surface area contributed by atoms with Gasteiger partial charge in [0.25, 0.3) is 0 Å². The molecule has 17 rings (SSSR count). The molecule has 0 radical (unpaired) electrons. The van der Waals surface area contributed by atoms with Crippen molar-refractivity contribution < 1.29 is 4.42 Å². The van der Waals surface area contributed by atoms with E-state index in [0.29, 0.717) is 0 Å². The Morgan fingerprint density at radius 2 is 0.779 bits per heavy atom. The molecule has 2 aliphatic heterocycles. The van der Waals surface area contributed by atoms with Gasteiger partial charge in [-0.1, -0.05) is 281 Å². The van der Waals surface area contributed by atoms with E-state index in [2.05, 4.69) is 362 Å². The Balaban J connectivity index is 1.09. The molecule has 0 bridgehead atoms. The van der Waals surface area contributed by atoms with Crippen molar-refractivity contribution in [1.82, 2.24) is 4.57 Å². The van der Waals surface area contributed by atoms with Gasteiger partial charge in [-0.3, -0.25) is 0 Å². The molecule has 95 heavy (non-hydrogen) atoms. The summed E-state index contributed by atoms with van der Waals surface area (Å²) in [5.41, 5.74) is 30.4. The first-order chi connectivity index (χ1) is 46.1. The first-order valence-corrected chi connectivity index (χ1v) is 33.6. The van der Waals surface area contributed by atoms with Crippen molar-refractivity contribution in [3.05, 3.63) is 318 Å². The lowest BCUT2D eigenvalue weighted by Crippen LogP contribution is -2.31. The maximum atomic E-state index is 7.07. The Kier molecular flexibility index (Phi) is 13.3. The fraction of sp³-hybridized carbons (Fsp3) is 0.143. The Morgan fingerprint density at radius 3 is 1.37 bits per heavy atom. The molecule has 2 aliphatic rings. The lowest BCUT2D eigenvalue weighted by Gasteiger charge is -2.47.